The van der Waals surface area contributed by atoms with Crippen LogP contribution in [0.15, 0.2) is 52.9 Å². The lowest BCUT2D eigenvalue weighted by Crippen LogP contribution is -2.23. The lowest BCUT2D eigenvalue weighted by molar-refractivity contribution is 0.0922. The van der Waals surface area contributed by atoms with Crippen molar-refractivity contribution >= 4 is 27.5 Å². The van der Waals surface area contributed by atoms with Crippen LogP contribution in [0.5, 0.6) is 0 Å². The number of thiazole rings is 1. The van der Waals surface area contributed by atoms with Gasteiger partial charge in [-0.1, -0.05) is 36.4 Å². The van der Waals surface area contributed by atoms with E-state index in [9.17, 15) is 4.79 Å². The summed E-state index contributed by atoms with van der Waals surface area (Å²) in [6.45, 7) is -0.113. The quantitative estimate of drug-likeness (QED) is 0.537. The van der Waals surface area contributed by atoms with Crippen LogP contribution in [0.3, 0.4) is 0 Å². The molecule has 0 radical (unpaired) electrons. The highest BCUT2D eigenvalue weighted by atomic mass is 32.1. The Balaban J connectivity index is 1.54. The van der Waals surface area contributed by atoms with Crippen LogP contribution in [-0.2, 0) is 6.42 Å². The lowest BCUT2D eigenvalue weighted by Gasteiger charge is -2.00. The van der Waals surface area contributed by atoms with Crippen LogP contribution >= 0.6 is 11.3 Å². The molecule has 1 amide bonds. The van der Waals surface area contributed by atoms with Crippen LogP contribution < -0.4 is 5.32 Å². The van der Waals surface area contributed by atoms with Crippen molar-refractivity contribution in [3.05, 3.63) is 65.3 Å². The first-order chi connectivity index (χ1) is 13.2. The van der Waals surface area contributed by atoms with Crippen molar-refractivity contribution in [1.82, 2.24) is 20.5 Å². The molecule has 2 aromatic heterocycles. The van der Waals surface area contributed by atoms with Gasteiger partial charge in [0.2, 0.25) is 5.89 Å². The van der Waals surface area contributed by atoms with E-state index >= 15 is 0 Å². The number of benzene rings is 2. The first-order valence-corrected chi connectivity index (χ1v) is 8.97. The third kappa shape index (κ3) is 3.68. The van der Waals surface area contributed by atoms with Gasteiger partial charge in [-0.2, -0.15) is 5.26 Å². The van der Waals surface area contributed by atoms with E-state index in [2.05, 4.69) is 38.7 Å². The molecule has 2 aromatic carbocycles. The number of fused-ring (bicyclic) bond motifs is 1. The van der Waals surface area contributed by atoms with Crippen molar-refractivity contribution in [2.24, 2.45) is 0 Å². The molecule has 27 heavy (non-hydrogen) atoms. The van der Waals surface area contributed by atoms with Gasteiger partial charge in [0.1, 0.15) is 11.6 Å². The van der Waals surface area contributed by atoms with Gasteiger partial charge < -0.3 is 9.73 Å². The summed E-state index contributed by atoms with van der Waals surface area (Å²) in [4.78, 5) is 16.3. The van der Waals surface area contributed by atoms with E-state index in [1.54, 1.807) is 11.3 Å². The Labute approximate surface area is 158 Å². The molecule has 1 N–H and O–H groups in total. The summed E-state index contributed by atoms with van der Waals surface area (Å²) in [5, 5.41) is 19.3. The fraction of sp³-hybridized carbons (Fsp3) is 0.105. The van der Waals surface area contributed by atoms with Crippen LogP contribution in [0.4, 0.5) is 0 Å². The maximum Gasteiger partial charge on any atom is 0.309 e. The average molecular weight is 375 g/mol. The standard InChI is InChI=1S/C19H13N5O2S/c20-8-9-21-18(25)19-24-23-16(26-19)11-17-22-14-7-6-13(10-15(14)27-17)12-4-2-1-3-5-12/h1-7,10H,9,11H2,(H,21,25). The Bertz CT molecular complexity index is 1140. The van der Waals surface area contributed by atoms with Crippen molar-refractivity contribution in [1.29, 1.82) is 5.26 Å². The van der Waals surface area contributed by atoms with Crippen molar-refractivity contribution in [2.45, 2.75) is 6.42 Å². The van der Waals surface area contributed by atoms with Crippen molar-refractivity contribution < 1.29 is 9.21 Å². The highest BCUT2D eigenvalue weighted by Gasteiger charge is 2.16. The number of nitriles is 1. The second-order valence-electron chi connectivity index (χ2n) is 5.67. The number of hydrogen-bond donors (Lipinski definition) is 1. The van der Waals surface area contributed by atoms with Gasteiger partial charge in [0.05, 0.1) is 22.7 Å². The summed E-state index contributed by atoms with van der Waals surface area (Å²) in [6.07, 6.45) is 0.346. The van der Waals surface area contributed by atoms with Crippen molar-refractivity contribution in [2.75, 3.05) is 6.54 Å². The third-order valence-corrected chi connectivity index (χ3v) is 4.85. The number of rotatable bonds is 5. The summed E-state index contributed by atoms with van der Waals surface area (Å²) in [6, 6.07) is 18.1. The molecule has 0 aliphatic carbocycles. The fourth-order valence-electron chi connectivity index (χ4n) is 2.60. The summed E-state index contributed by atoms with van der Waals surface area (Å²) < 4.78 is 6.43. The molecule has 8 heteroatoms. The summed E-state index contributed by atoms with van der Waals surface area (Å²) in [5.74, 6) is -0.417. The topological polar surface area (TPSA) is 105 Å². The zero-order chi connectivity index (χ0) is 18.6. The molecule has 0 fully saturated rings. The minimum absolute atomic E-state index is 0.113. The van der Waals surface area contributed by atoms with Gasteiger partial charge in [0, 0.05) is 0 Å². The predicted molar refractivity (Wildman–Crippen MR) is 100 cm³/mol. The molecule has 2 heterocycles. The highest BCUT2D eigenvalue weighted by Crippen LogP contribution is 2.29. The number of carbonyl (C=O) groups is 1. The predicted octanol–water partition coefficient (Wildman–Crippen LogP) is 3.19. The molecule has 7 nitrogen and oxygen atoms in total. The number of nitrogens with zero attached hydrogens (tertiary/aromatic N) is 4. The second-order valence-corrected chi connectivity index (χ2v) is 6.79. The van der Waals surface area contributed by atoms with Gasteiger partial charge in [0.15, 0.2) is 0 Å². The molecule has 132 valence electrons. The van der Waals surface area contributed by atoms with Crippen LogP contribution in [-0.4, -0.2) is 27.6 Å². The van der Waals surface area contributed by atoms with E-state index in [4.69, 9.17) is 9.68 Å². The Hall–Kier alpha value is -3.57. The van der Waals surface area contributed by atoms with Crippen LogP contribution in [0.2, 0.25) is 0 Å². The number of nitrogens with one attached hydrogen (secondary N) is 1. The zero-order valence-corrected chi connectivity index (χ0v) is 14.9. The molecular weight excluding hydrogens is 362 g/mol. The SMILES string of the molecule is N#CCNC(=O)c1nnc(Cc2nc3ccc(-c4ccccc4)cc3s2)o1. The molecule has 0 saturated heterocycles. The Morgan fingerprint density at radius 2 is 2.00 bits per heavy atom. The number of amides is 1. The minimum Gasteiger partial charge on any atom is -0.416 e. The molecule has 0 aliphatic heterocycles. The number of carbonyl (C=O) groups excluding carboxylic acids is 1. The van der Waals surface area contributed by atoms with Crippen molar-refractivity contribution in [3.8, 4) is 17.2 Å². The van der Waals surface area contributed by atoms with Crippen LogP contribution in [0.1, 0.15) is 21.6 Å². The van der Waals surface area contributed by atoms with Gasteiger partial charge in [-0.3, -0.25) is 4.79 Å². The smallest absolute Gasteiger partial charge is 0.309 e. The lowest BCUT2D eigenvalue weighted by atomic mass is 10.1. The highest BCUT2D eigenvalue weighted by molar-refractivity contribution is 7.18. The molecule has 0 spiro atoms. The molecule has 4 rings (SSSR count). The maximum absolute atomic E-state index is 11.7. The summed E-state index contributed by atoms with van der Waals surface area (Å²) in [5.41, 5.74) is 3.19. The molecule has 0 bridgehead atoms. The molecular formula is C19H13N5O2S. The summed E-state index contributed by atoms with van der Waals surface area (Å²) in [7, 11) is 0. The zero-order valence-electron chi connectivity index (χ0n) is 14.0. The molecule has 0 atom stereocenters. The van der Waals surface area contributed by atoms with Gasteiger partial charge >= 0.3 is 11.8 Å². The van der Waals surface area contributed by atoms with Gasteiger partial charge in [-0.05, 0) is 23.3 Å². The largest absolute Gasteiger partial charge is 0.416 e. The fourth-order valence-corrected chi connectivity index (χ4v) is 3.60. The number of hydrogen-bond acceptors (Lipinski definition) is 7. The van der Waals surface area contributed by atoms with E-state index in [0.29, 0.717) is 12.3 Å². The minimum atomic E-state index is -0.563. The second kappa shape index (κ2) is 7.35. The third-order valence-electron chi connectivity index (χ3n) is 3.83. The van der Waals surface area contributed by atoms with Gasteiger partial charge in [-0.25, -0.2) is 4.98 Å². The Kier molecular flexibility index (Phi) is 4.60. The van der Waals surface area contributed by atoms with Crippen LogP contribution in [0, 0.1) is 11.3 Å². The molecule has 0 aliphatic rings. The first kappa shape index (κ1) is 16.9. The average Bonchev–Trinajstić information content (AvgIpc) is 3.33. The van der Waals surface area contributed by atoms with Crippen LogP contribution in [0.25, 0.3) is 21.3 Å². The summed E-state index contributed by atoms with van der Waals surface area (Å²) >= 11 is 1.55. The first-order valence-electron chi connectivity index (χ1n) is 8.15. The van der Waals surface area contributed by atoms with Gasteiger partial charge in [0.25, 0.3) is 0 Å². The normalized spacial score (nSPS) is 10.6. The monoisotopic (exact) mass is 375 g/mol. The van der Waals surface area contributed by atoms with E-state index in [1.807, 2.05) is 36.4 Å². The molecule has 0 saturated carbocycles. The van der Waals surface area contributed by atoms with Gasteiger partial charge in [-0.15, -0.1) is 21.5 Å². The van der Waals surface area contributed by atoms with E-state index in [0.717, 1.165) is 26.4 Å². The Morgan fingerprint density at radius 1 is 1.15 bits per heavy atom. The van der Waals surface area contributed by atoms with E-state index in [1.165, 1.54) is 0 Å². The maximum atomic E-state index is 11.7. The molecule has 0 unspecified atom stereocenters. The number of aromatic nitrogens is 3. The Morgan fingerprint density at radius 3 is 2.81 bits per heavy atom. The van der Waals surface area contributed by atoms with Crippen molar-refractivity contribution in [3.63, 3.8) is 0 Å². The molecule has 4 aromatic rings. The van der Waals surface area contributed by atoms with E-state index < -0.39 is 5.91 Å². The van der Waals surface area contributed by atoms with E-state index in [-0.39, 0.29) is 12.4 Å².